The molecule has 1 nitrogen and oxygen atoms in total. The van der Waals surface area contributed by atoms with Crippen LogP contribution in [0.4, 0.5) is 5.69 Å². The summed E-state index contributed by atoms with van der Waals surface area (Å²) >= 11 is 6.26. The minimum Gasteiger partial charge on any atom is -0.377 e. The fourth-order valence-electron chi connectivity index (χ4n) is 3.26. The first-order valence-electron chi connectivity index (χ1n) is 7.58. The van der Waals surface area contributed by atoms with E-state index in [2.05, 4.69) is 56.4 Å². The van der Waals surface area contributed by atoms with Gasteiger partial charge >= 0.3 is 0 Å². The number of benzene rings is 2. The molecule has 0 saturated carbocycles. The van der Waals surface area contributed by atoms with E-state index in [4.69, 9.17) is 11.6 Å². The lowest BCUT2D eigenvalue weighted by Gasteiger charge is -2.41. The highest BCUT2D eigenvalue weighted by Gasteiger charge is 2.35. The van der Waals surface area contributed by atoms with Crippen LogP contribution in [0, 0.1) is 12.3 Å². The Balaban J connectivity index is 2.01. The number of aryl methyl sites for hydroxylation is 1. The Bertz CT molecular complexity index is 660. The van der Waals surface area contributed by atoms with E-state index in [1.54, 1.807) is 0 Å². The van der Waals surface area contributed by atoms with Gasteiger partial charge in [-0.3, -0.25) is 0 Å². The van der Waals surface area contributed by atoms with Gasteiger partial charge < -0.3 is 5.32 Å². The number of hydrogen-bond donors (Lipinski definition) is 1. The van der Waals surface area contributed by atoms with Crippen LogP contribution in [0.25, 0.3) is 0 Å². The van der Waals surface area contributed by atoms with Crippen molar-refractivity contribution < 1.29 is 0 Å². The summed E-state index contributed by atoms with van der Waals surface area (Å²) < 4.78 is 0. The Morgan fingerprint density at radius 3 is 2.67 bits per heavy atom. The maximum atomic E-state index is 6.26. The van der Waals surface area contributed by atoms with Crippen molar-refractivity contribution >= 4 is 17.3 Å². The molecule has 0 heterocycles. The fourth-order valence-corrected chi connectivity index (χ4v) is 3.43. The summed E-state index contributed by atoms with van der Waals surface area (Å²) in [6, 6.07) is 15.2. The van der Waals surface area contributed by atoms with E-state index in [9.17, 15) is 0 Å². The van der Waals surface area contributed by atoms with Crippen LogP contribution in [0.15, 0.2) is 42.5 Å². The standard InChI is InChI=1S/C19H22ClN/c1-13-16(20)9-6-10-17(13)21-18-15-8-5-4-7-14(15)11-12-19(18,2)3/h4-10,18,21H,11-12H2,1-3H3. The monoisotopic (exact) mass is 299 g/mol. The van der Waals surface area contributed by atoms with Crippen LogP contribution in [0.3, 0.4) is 0 Å². The van der Waals surface area contributed by atoms with E-state index < -0.39 is 0 Å². The molecule has 2 aromatic rings. The van der Waals surface area contributed by atoms with Gasteiger partial charge in [-0.05, 0) is 54.0 Å². The average Bonchev–Trinajstić information content (AvgIpc) is 2.46. The number of hydrogen-bond acceptors (Lipinski definition) is 1. The summed E-state index contributed by atoms with van der Waals surface area (Å²) in [6.07, 6.45) is 2.36. The highest BCUT2D eigenvalue weighted by molar-refractivity contribution is 6.31. The van der Waals surface area contributed by atoms with E-state index in [0.29, 0.717) is 6.04 Å². The Labute approximate surface area is 132 Å². The first-order chi connectivity index (χ1) is 9.99. The summed E-state index contributed by atoms with van der Waals surface area (Å²) in [6.45, 7) is 6.77. The molecule has 1 unspecified atom stereocenters. The van der Waals surface area contributed by atoms with Gasteiger partial charge in [0.05, 0.1) is 6.04 Å². The summed E-state index contributed by atoms with van der Waals surface area (Å²) in [5, 5.41) is 4.57. The number of fused-ring (bicyclic) bond motifs is 1. The zero-order valence-corrected chi connectivity index (χ0v) is 13.7. The zero-order valence-electron chi connectivity index (χ0n) is 12.9. The SMILES string of the molecule is Cc1c(Cl)cccc1NC1c2ccccc2CCC1(C)C. The molecular weight excluding hydrogens is 278 g/mol. The van der Waals surface area contributed by atoms with E-state index in [0.717, 1.165) is 22.7 Å². The molecule has 0 aromatic heterocycles. The molecule has 0 radical (unpaired) electrons. The molecule has 0 saturated heterocycles. The molecule has 110 valence electrons. The van der Waals surface area contributed by atoms with Crippen molar-refractivity contribution in [2.45, 2.75) is 39.7 Å². The van der Waals surface area contributed by atoms with Crippen molar-refractivity contribution in [3.8, 4) is 0 Å². The van der Waals surface area contributed by atoms with Crippen LogP contribution in [0.5, 0.6) is 0 Å². The molecule has 1 N–H and O–H groups in total. The normalized spacial score (nSPS) is 19.9. The van der Waals surface area contributed by atoms with E-state index in [1.165, 1.54) is 17.5 Å². The van der Waals surface area contributed by atoms with Gasteiger partial charge in [-0.2, -0.15) is 0 Å². The summed E-state index contributed by atoms with van der Waals surface area (Å²) in [5.74, 6) is 0. The number of rotatable bonds is 2. The molecule has 0 spiro atoms. The molecule has 0 aliphatic heterocycles. The smallest absolute Gasteiger partial charge is 0.0567 e. The van der Waals surface area contributed by atoms with E-state index in [1.807, 2.05) is 12.1 Å². The summed E-state index contributed by atoms with van der Waals surface area (Å²) in [4.78, 5) is 0. The van der Waals surface area contributed by atoms with Crippen LogP contribution < -0.4 is 5.32 Å². The maximum Gasteiger partial charge on any atom is 0.0567 e. The maximum absolute atomic E-state index is 6.26. The molecule has 2 aromatic carbocycles. The molecule has 0 amide bonds. The van der Waals surface area contributed by atoms with Crippen molar-refractivity contribution in [3.63, 3.8) is 0 Å². The van der Waals surface area contributed by atoms with Gasteiger partial charge in [0.25, 0.3) is 0 Å². The van der Waals surface area contributed by atoms with Crippen molar-refractivity contribution in [2.75, 3.05) is 5.32 Å². The van der Waals surface area contributed by atoms with Crippen molar-refractivity contribution in [1.29, 1.82) is 0 Å². The Morgan fingerprint density at radius 1 is 1.10 bits per heavy atom. The fraction of sp³-hybridized carbons (Fsp3) is 0.368. The lowest BCUT2D eigenvalue weighted by atomic mass is 9.70. The third-order valence-electron chi connectivity index (χ3n) is 4.75. The van der Waals surface area contributed by atoms with Gasteiger partial charge in [0.1, 0.15) is 0 Å². The average molecular weight is 300 g/mol. The van der Waals surface area contributed by atoms with Gasteiger partial charge in [-0.25, -0.2) is 0 Å². The topological polar surface area (TPSA) is 12.0 Å². The lowest BCUT2D eigenvalue weighted by Crippen LogP contribution is -2.33. The van der Waals surface area contributed by atoms with Gasteiger partial charge in [-0.1, -0.05) is 55.8 Å². The van der Waals surface area contributed by atoms with Gasteiger partial charge in [0.2, 0.25) is 0 Å². The summed E-state index contributed by atoms with van der Waals surface area (Å²) in [5.41, 5.74) is 5.38. The largest absolute Gasteiger partial charge is 0.377 e. The number of halogens is 1. The molecular formula is C19H22ClN. The van der Waals surface area contributed by atoms with Crippen LogP contribution in [0.2, 0.25) is 5.02 Å². The van der Waals surface area contributed by atoms with Crippen LogP contribution in [-0.4, -0.2) is 0 Å². The predicted molar refractivity (Wildman–Crippen MR) is 91.1 cm³/mol. The molecule has 1 atom stereocenters. The molecule has 2 heteroatoms. The quantitative estimate of drug-likeness (QED) is 0.742. The second-order valence-corrected chi connectivity index (χ2v) is 7.08. The minimum atomic E-state index is 0.225. The first kappa shape index (κ1) is 14.5. The van der Waals surface area contributed by atoms with Gasteiger partial charge in [-0.15, -0.1) is 0 Å². The molecule has 0 fully saturated rings. The summed E-state index contributed by atoms with van der Waals surface area (Å²) in [7, 11) is 0. The van der Waals surface area contributed by atoms with E-state index >= 15 is 0 Å². The molecule has 1 aliphatic rings. The third kappa shape index (κ3) is 2.67. The van der Waals surface area contributed by atoms with Crippen LogP contribution >= 0.6 is 11.6 Å². The molecule has 0 bridgehead atoms. The zero-order chi connectivity index (χ0) is 15.0. The predicted octanol–water partition coefficient (Wildman–Crippen LogP) is 5.77. The molecule has 1 aliphatic carbocycles. The van der Waals surface area contributed by atoms with Crippen molar-refractivity contribution in [1.82, 2.24) is 0 Å². The Hall–Kier alpha value is -1.47. The Kier molecular flexibility index (Phi) is 3.71. The highest BCUT2D eigenvalue weighted by atomic mass is 35.5. The molecule has 21 heavy (non-hydrogen) atoms. The number of anilines is 1. The second-order valence-electron chi connectivity index (χ2n) is 6.68. The third-order valence-corrected chi connectivity index (χ3v) is 5.16. The van der Waals surface area contributed by atoms with Crippen molar-refractivity contribution in [3.05, 3.63) is 64.2 Å². The van der Waals surface area contributed by atoms with Crippen LogP contribution in [-0.2, 0) is 6.42 Å². The van der Waals surface area contributed by atoms with Crippen molar-refractivity contribution in [2.24, 2.45) is 5.41 Å². The Morgan fingerprint density at radius 2 is 1.86 bits per heavy atom. The molecule has 3 rings (SSSR count). The van der Waals surface area contributed by atoms with Gasteiger partial charge in [0.15, 0.2) is 0 Å². The number of nitrogens with one attached hydrogen (secondary N) is 1. The highest BCUT2D eigenvalue weighted by Crippen LogP contribution is 2.45. The minimum absolute atomic E-state index is 0.225. The van der Waals surface area contributed by atoms with Crippen LogP contribution in [0.1, 0.15) is 43.0 Å². The lowest BCUT2D eigenvalue weighted by molar-refractivity contribution is 0.265. The van der Waals surface area contributed by atoms with Gasteiger partial charge in [0, 0.05) is 10.7 Å². The second kappa shape index (κ2) is 5.38. The first-order valence-corrected chi connectivity index (χ1v) is 7.96. The van der Waals surface area contributed by atoms with E-state index in [-0.39, 0.29) is 5.41 Å².